The Bertz CT molecular complexity index is 245. The lowest BCUT2D eigenvalue weighted by molar-refractivity contribution is 1.24. The lowest BCUT2D eigenvalue weighted by atomic mass is 10.3. The van der Waals surface area contributed by atoms with Crippen LogP contribution in [0.25, 0.3) is 0 Å². The van der Waals surface area contributed by atoms with Crippen LogP contribution >= 0.6 is 0 Å². The second-order valence-corrected chi connectivity index (χ2v) is 1.66. The van der Waals surface area contributed by atoms with Crippen molar-refractivity contribution in [1.29, 1.82) is 0 Å². The van der Waals surface area contributed by atoms with Crippen LogP contribution in [0.3, 0.4) is 0 Å². The van der Waals surface area contributed by atoms with E-state index in [1.165, 1.54) is 0 Å². The monoisotopic (exact) mass is 116 g/mol. The molecule has 0 aromatic carbocycles. The molecule has 0 aliphatic rings. The number of hydrogen-bond acceptors (Lipinski definition) is 1. The third kappa shape index (κ3) is 1.30. The highest BCUT2D eigenvalue weighted by atomic mass is 14.7. The van der Waals surface area contributed by atoms with Crippen molar-refractivity contribution in [3.63, 3.8) is 0 Å². The van der Waals surface area contributed by atoms with Crippen molar-refractivity contribution in [3.05, 3.63) is 36.5 Å². The van der Waals surface area contributed by atoms with Crippen LogP contribution in [-0.2, 0) is 0 Å². The van der Waals surface area contributed by atoms with Crippen LogP contribution < -0.4 is 0 Å². The Morgan fingerprint density at radius 1 is 1.56 bits per heavy atom. The molecule has 0 aliphatic carbocycles. The molecular formula is C8H6N. The number of rotatable bonds is 0. The van der Waals surface area contributed by atoms with Crippen LogP contribution in [0.15, 0.2) is 18.2 Å². The smallest absolute Gasteiger partial charge is 0.113 e. The molecule has 1 rings (SSSR count). The first-order valence-corrected chi connectivity index (χ1v) is 2.58. The van der Waals surface area contributed by atoms with Crippen molar-refractivity contribution in [2.75, 3.05) is 0 Å². The molecule has 9 heavy (non-hydrogen) atoms. The van der Waals surface area contributed by atoms with E-state index in [0.29, 0.717) is 11.4 Å². The summed E-state index contributed by atoms with van der Waals surface area (Å²) in [6.45, 7) is 3.62. The molecule has 1 heteroatoms. The minimum Gasteiger partial charge on any atom is -0.244 e. The molecule has 1 heterocycles. The van der Waals surface area contributed by atoms with Crippen molar-refractivity contribution >= 4 is 0 Å². The fourth-order valence-electron chi connectivity index (χ4n) is 0.560. The van der Waals surface area contributed by atoms with Gasteiger partial charge in [0.05, 0.1) is 0 Å². The van der Waals surface area contributed by atoms with E-state index in [-0.39, 0.29) is 0 Å². The van der Waals surface area contributed by atoms with Gasteiger partial charge in [0, 0.05) is 5.69 Å². The Morgan fingerprint density at radius 2 is 2.33 bits per heavy atom. The van der Waals surface area contributed by atoms with E-state index in [1.54, 1.807) is 12.1 Å². The Morgan fingerprint density at radius 3 is 2.78 bits per heavy atom. The lowest BCUT2D eigenvalue weighted by Crippen LogP contribution is -1.83. The van der Waals surface area contributed by atoms with Crippen molar-refractivity contribution in [3.8, 4) is 12.3 Å². The van der Waals surface area contributed by atoms with E-state index < -0.39 is 0 Å². The molecule has 0 aliphatic heterocycles. The molecular weight excluding hydrogens is 110 g/mol. The third-order valence-electron chi connectivity index (χ3n) is 0.955. The summed E-state index contributed by atoms with van der Waals surface area (Å²) in [7, 11) is 0. The maximum atomic E-state index is 5.08. The molecule has 0 fully saturated rings. The molecule has 43 valence electrons. The fourth-order valence-corrected chi connectivity index (χ4v) is 0.560. The van der Waals surface area contributed by atoms with E-state index >= 15 is 0 Å². The van der Waals surface area contributed by atoms with Crippen molar-refractivity contribution < 1.29 is 0 Å². The summed E-state index contributed by atoms with van der Waals surface area (Å²) < 4.78 is 0. The van der Waals surface area contributed by atoms with Gasteiger partial charge in [-0.05, 0) is 19.1 Å². The summed E-state index contributed by atoms with van der Waals surface area (Å²) >= 11 is 0. The highest BCUT2D eigenvalue weighted by molar-refractivity contribution is 5.26. The van der Waals surface area contributed by atoms with Gasteiger partial charge in [0.25, 0.3) is 0 Å². The van der Waals surface area contributed by atoms with Gasteiger partial charge in [-0.1, -0.05) is 12.0 Å². The van der Waals surface area contributed by atoms with Gasteiger partial charge in [0.1, 0.15) is 5.69 Å². The average molecular weight is 116 g/mol. The molecule has 0 unspecified atom stereocenters. The Hall–Kier alpha value is -1.29. The summed E-state index contributed by atoms with van der Waals surface area (Å²) in [5.41, 5.74) is 1.35. The largest absolute Gasteiger partial charge is 0.244 e. The Balaban J connectivity index is 3.12. The van der Waals surface area contributed by atoms with Crippen molar-refractivity contribution in [2.24, 2.45) is 0 Å². The Labute approximate surface area is 54.7 Å². The number of terminal acetylenes is 1. The second kappa shape index (κ2) is 2.32. The molecule has 0 spiro atoms. The predicted molar refractivity (Wildman–Crippen MR) is 36.6 cm³/mol. The van der Waals surface area contributed by atoms with E-state index in [1.807, 2.05) is 6.07 Å². The van der Waals surface area contributed by atoms with Crippen LogP contribution in [0.2, 0.25) is 0 Å². The SMILES string of the molecule is C#Cc1cccc([CH2])n1. The summed E-state index contributed by atoms with van der Waals surface area (Å²) in [6, 6.07) is 5.42. The minimum atomic E-state index is 0.641. The zero-order valence-electron chi connectivity index (χ0n) is 4.96. The number of pyridine rings is 1. The van der Waals surface area contributed by atoms with E-state index in [2.05, 4.69) is 17.8 Å². The van der Waals surface area contributed by atoms with Gasteiger partial charge < -0.3 is 0 Å². The van der Waals surface area contributed by atoms with Gasteiger partial charge in [-0.2, -0.15) is 0 Å². The Kier molecular flexibility index (Phi) is 1.51. The molecule has 0 amide bonds. The molecule has 0 atom stereocenters. The molecule has 0 saturated carbocycles. The maximum Gasteiger partial charge on any atom is 0.113 e. The van der Waals surface area contributed by atoms with E-state index in [9.17, 15) is 0 Å². The number of aromatic nitrogens is 1. The normalized spacial score (nSPS) is 8.44. The van der Waals surface area contributed by atoms with Gasteiger partial charge in [-0.15, -0.1) is 6.42 Å². The lowest BCUT2D eigenvalue weighted by Gasteiger charge is -1.89. The van der Waals surface area contributed by atoms with Crippen LogP contribution in [0.1, 0.15) is 11.4 Å². The van der Waals surface area contributed by atoms with E-state index in [0.717, 1.165) is 0 Å². The summed E-state index contributed by atoms with van der Waals surface area (Å²) in [5.74, 6) is 2.42. The molecule has 1 aromatic rings. The summed E-state index contributed by atoms with van der Waals surface area (Å²) in [6.07, 6.45) is 5.08. The predicted octanol–water partition coefficient (Wildman–Crippen LogP) is 1.25. The van der Waals surface area contributed by atoms with Crippen molar-refractivity contribution in [2.45, 2.75) is 0 Å². The molecule has 0 bridgehead atoms. The first-order chi connectivity index (χ1) is 4.33. The van der Waals surface area contributed by atoms with Gasteiger partial charge in [0.2, 0.25) is 0 Å². The second-order valence-electron chi connectivity index (χ2n) is 1.66. The summed E-state index contributed by atoms with van der Waals surface area (Å²) in [5, 5.41) is 0. The molecule has 0 N–H and O–H groups in total. The molecule has 1 nitrogen and oxygen atoms in total. The summed E-state index contributed by atoms with van der Waals surface area (Å²) in [4.78, 5) is 3.94. The zero-order valence-corrected chi connectivity index (χ0v) is 4.96. The highest BCUT2D eigenvalue weighted by Gasteiger charge is 1.85. The first-order valence-electron chi connectivity index (χ1n) is 2.58. The van der Waals surface area contributed by atoms with Gasteiger partial charge in [0.15, 0.2) is 0 Å². The number of nitrogens with zero attached hydrogens (tertiary/aromatic N) is 1. The van der Waals surface area contributed by atoms with Crippen LogP contribution in [0, 0.1) is 19.3 Å². The van der Waals surface area contributed by atoms with Crippen LogP contribution in [-0.4, -0.2) is 4.98 Å². The third-order valence-corrected chi connectivity index (χ3v) is 0.955. The van der Waals surface area contributed by atoms with Gasteiger partial charge in [-0.25, -0.2) is 4.98 Å². The van der Waals surface area contributed by atoms with Gasteiger partial charge >= 0.3 is 0 Å². The zero-order chi connectivity index (χ0) is 6.69. The van der Waals surface area contributed by atoms with Crippen LogP contribution in [0.4, 0.5) is 0 Å². The minimum absolute atomic E-state index is 0.641. The van der Waals surface area contributed by atoms with E-state index in [4.69, 9.17) is 6.42 Å². The van der Waals surface area contributed by atoms with Crippen molar-refractivity contribution in [1.82, 2.24) is 4.98 Å². The molecule has 0 saturated heterocycles. The average Bonchev–Trinajstić information content (AvgIpc) is 1.88. The van der Waals surface area contributed by atoms with Crippen LogP contribution in [0.5, 0.6) is 0 Å². The first kappa shape index (κ1) is 5.84. The molecule has 1 aromatic heterocycles. The standard InChI is InChI=1S/C8H6N/c1-3-8-6-4-5-7(2)9-8/h1,4-6H,2H2. The fraction of sp³-hybridized carbons (Fsp3) is 0. The number of hydrogen-bond donors (Lipinski definition) is 0. The molecule has 1 radical (unpaired) electrons. The topological polar surface area (TPSA) is 12.9 Å². The maximum absolute atomic E-state index is 5.08. The highest BCUT2D eigenvalue weighted by Crippen LogP contribution is 1.94. The van der Waals surface area contributed by atoms with Gasteiger partial charge in [-0.3, -0.25) is 0 Å². The quantitative estimate of drug-likeness (QED) is 0.465.